The molecule has 2 atom stereocenters. The molecule has 1 fully saturated rings. The molecule has 0 bridgehead atoms. The summed E-state index contributed by atoms with van der Waals surface area (Å²) in [7, 11) is 0. The Morgan fingerprint density at radius 1 is 1.09 bits per heavy atom. The minimum atomic E-state index is -1.10. The summed E-state index contributed by atoms with van der Waals surface area (Å²) in [5, 5.41) is 17.1. The van der Waals surface area contributed by atoms with Gasteiger partial charge >= 0.3 is 0 Å². The molecule has 11 nitrogen and oxygen atoms in total. The SMILES string of the molecule is CCN1CC[C@@H](Nc2n[nH]c3nccc(Oc4ccc(NC(=O)c5ccnn(-c6ccc(F)cc6)c5=O)cc4F)c23)[C@@H](F)C1. The van der Waals surface area contributed by atoms with Crippen LogP contribution in [0.1, 0.15) is 23.7 Å². The quantitative estimate of drug-likeness (QED) is 0.233. The van der Waals surface area contributed by atoms with Crippen LogP contribution < -0.4 is 20.9 Å². The molecule has 0 unspecified atom stereocenters. The average Bonchev–Trinajstić information content (AvgIpc) is 3.43. The number of anilines is 2. The van der Waals surface area contributed by atoms with Crippen molar-refractivity contribution in [1.82, 2.24) is 29.9 Å². The molecule has 2 aromatic carbocycles. The molecule has 5 aromatic rings. The van der Waals surface area contributed by atoms with E-state index in [1.165, 1.54) is 54.9 Å². The van der Waals surface area contributed by atoms with Crippen molar-refractivity contribution in [2.24, 2.45) is 0 Å². The fraction of sp³-hybridized carbons (Fsp3) is 0.233. The van der Waals surface area contributed by atoms with E-state index in [2.05, 4.69) is 30.9 Å². The average molecular weight is 605 g/mol. The van der Waals surface area contributed by atoms with Crippen LogP contribution in [0.4, 0.5) is 24.7 Å². The maximum Gasteiger partial charge on any atom is 0.284 e. The summed E-state index contributed by atoms with van der Waals surface area (Å²) in [6.07, 6.45) is 2.21. The smallest absolute Gasteiger partial charge is 0.284 e. The number of carbonyl (C=O) groups is 1. The maximum atomic E-state index is 15.2. The van der Waals surface area contributed by atoms with Crippen molar-refractivity contribution < 1.29 is 22.7 Å². The molecule has 0 spiro atoms. The number of hydrogen-bond acceptors (Lipinski definition) is 8. The lowest BCUT2D eigenvalue weighted by Gasteiger charge is -2.34. The molecular formula is C30H27F3N8O3. The van der Waals surface area contributed by atoms with Crippen molar-refractivity contribution in [2.75, 3.05) is 30.3 Å². The molecule has 3 aromatic heterocycles. The van der Waals surface area contributed by atoms with Gasteiger partial charge in [0, 0.05) is 43.3 Å². The van der Waals surface area contributed by atoms with Gasteiger partial charge in [-0.05, 0) is 55.4 Å². The summed E-state index contributed by atoms with van der Waals surface area (Å²) in [5.41, 5.74) is -0.272. The molecule has 1 saturated heterocycles. The van der Waals surface area contributed by atoms with Crippen molar-refractivity contribution in [2.45, 2.75) is 25.6 Å². The third-order valence-electron chi connectivity index (χ3n) is 7.39. The van der Waals surface area contributed by atoms with Gasteiger partial charge < -0.3 is 20.3 Å². The molecule has 226 valence electrons. The van der Waals surface area contributed by atoms with Gasteiger partial charge in [-0.2, -0.15) is 14.9 Å². The fourth-order valence-electron chi connectivity index (χ4n) is 5.03. The first-order valence-electron chi connectivity index (χ1n) is 13.9. The van der Waals surface area contributed by atoms with E-state index in [9.17, 15) is 18.4 Å². The predicted octanol–water partition coefficient (Wildman–Crippen LogP) is 4.67. The third-order valence-corrected chi connectivity index (χ3v) is 7.39. The molecule has 0 radical (unpaired) electrons. The standard InChI is InChI=1S/C30H27F3N8O3/c1-2-40-14-11-23(22(33)16-40)37-28-26-25(10-12-34-27(26)38-39-28)44-24-8-5-18(15-21(24)32)36-29(42)20-9-13-35-41(30(20)43)19-6-3-17(31)4-7-19/h3-10,12-13,15,22-23H,2,11,14,16H2,1H3,(H,36,42)(H2,34,37,38,39)/t22-,23+/m0/s1. The lowest BCUT2D eigenvalue weighted by molar-refractivity contribution is 0.102. The lowest BCUT2D eigenvalue weighted by atomic mass is 10.0. The molecule has 6 rings (SSSR count). The van der Waals surface area contributed by atoms with E-state index in [1.54, 1.807) is 6.07 Å². The molecule has 0 saturated carbocycles. The zero-order valence-corrected chi connectivity index (χ0v) is 23.4. The largest absolute Gasteiger partial charge is 0.453 e. The molecule has 1 aliphatic rings. The van der Waals surface area contributed by atoms with Gasteiger partial charge in [0.1, 0.15) is 28.7 Å². The molecule has 4 heterocycles. The number of aromatic nitrogens is 5. The van der Waals surface area contributed by atoms with E-state index in [-0.39, 0.29) is 28.4 Å². The van der Waals surface area contributed by atoms with Crippen LogP contribution >= 0.6 is 0 Å². The topological polar surface area (TPSA) is 130 Å². The van der Waals surface area contributed by atoms with Crippen molar-refractivity contribution in [3.8, 4) is 17.2 Å². The zero-order chi connectivity index (χ0) is 30.8. The Balaban J connectivity index is 1.19. The summed E-state index contributed by atoms with van der Waals surface area (Å²) in [6, 6.07) is 11.1. The number of alkyl halides is 1. The van der Waals surface area contributed by atoms with E-state index in [0.29, 0.717) is 29.8 Å². The summed E-state index contributed by atoms with van der Waals surface area (Å²) >= 11 is 0. The van der Waals surface area contributed by atoms with E-state index in [1.807, 2.05) is 11.8 Å². The van der Waals surface area contributed by atoms with E-state index in [4.69, 9.17) is 4.74 Å². The van der Waals surface area contributed by atoms with Crippen LogP contribution in [0.3, 0.4) is 0 Å². The third kappa shape index (κ3) is 5.83. The number of benzene rings is 2. The Morgan fingerprint density at radius 2 is 1.91 bits per heavy atom. The van der Waals surface area contributed by atoms with Crippen molar-refractivity contribution in [3.05, 3.63) is 94.5 Å². The summed E-state index contributed by atoms with van der Waals surface area (Å²) in [6.45, 7) is 3.83. The van der Waals surface area contributed by atoms with Gasteiger partial charge in [-0.3, -0.25) is 14.7 Å². The number of nitrogens with zero attached hydrogens (tertiary/aromatic N) is 5. The number of rotatable bonds is 8. The zero-order valence-electron chi connectivity index (χ0n) is 23.4. The first kappa shape index (κ1) is 28.9. The molecule has 1 amide bonds. The Kier molecular flexibility index (Phi) is 7.98. The first-order valence-corrected chi connectivity index (χ1v) is 13.9. The second kappa shape index (κ2) is 12.2. The lowest BCUT2D eigenvalue weighted by Crippen LogP contribution is -2.47. The van der Waals surface area contributed by atoms with Crippen molar-refractivity contribution in [1.29, 1.82) is 0 Å². The van der Waals surface area contributed by atoms with Crippen molar-refractivity contribution >= 4 is 28.4 Å². The summed E-state index contributed by atoms with van der Waals surface area (Å²) < 4.78 is 50.2. The Morgan fingerprint density at radius 3 is 2.66 bits per heavy atom. The van der Waals surface area contributed by atoms with Crippen LogP contribution in [-0.2, 0) is 0 Å². The highest BCUT2D eigenvalue weighted by molar-refractivity contribution is 6.04. The fourth-order valence-corrected chi connectivity index (χ4v) is 5.03. The predicted molar refractivity (Wildman–Crippen MR) is 157 cm³/mol. The number of amides is 1. The van der Waals surface area contributed by atoms with Gasteiger partial charge in [0.05, 0.1) is 11.7 Å². The first-order chi connectivity index (χ1) is 21.3. The molecule has 1 aliphatic heterocycles. The normalized spacial score (nSPS) is 17.0. The molecule has 0 aliphatic carbocycles. The van der Waals surface area contributed by atoms with Crippen LogP contribution in [-0.4, -0.2) is 67.6 Å². The number of fused-ring (bicyclic) bond motifs is 1. The summed E-state index contributed by atoms with van der Waals surface area (Å²) in [4.78, 5) is 32.1. The summed E-state index contributed by atoms with van der Waals surface area (Å²) in [5.74, 6) is -1.64. The minimum absolute atomic E-state index is 0.0716. The number of ether oxygens (including phenoxy) is 1. The number of carbonyl (C=O) groups excluding carboxylic acids is 1. The number of H-pyrrole nitrogens is 1. The van der Waals surface area contributed by atoms with Crippen LogP contribution in [0.2, 0.25) is 0 Å². The maximum absolute atomic E-state index is 15.2. The highest BCUT2D eigenvalue weighted by atomic mass is 19.1. The number of hydrogen-bond donors (Lipinski definition) is 3. The number of pyridine rings is 1. The van der Waals surface area contributed by atoms with Gasteiger partial charge in [-0.25, -0.2) is 18.2 Å². The molecule has 3 N–H and O–H groups in total. The van der Waals surface area contributed by atoms with Crippen LogP contribution in [0.5, 0.6) is 11.5 Å². The molecule has 14 heteroatoms. The highest BCUT2D eigenvalue weighted by Crippen LogP contribution is 2.35. The van der Waals surface area contributed by atoms with Crippen LogP contribution in [0, 0.1) is 11.6 Å². The Bertz CT molecular complexity index is 1880. The second-order valence-electron chi connectivity index (χ2n) is 10.2. The number of likely N-dealkylation sites (tertiary alicyclic amines) is 1. The molecule has 44 heavy (non-hydrogen) atoms. The minimum Gasteiger partial charge on any atom is -0.453 e. The van der Waals surface area contributed by atoms with Gasteiger partial charge in [0.25, 0.3) is 11.5 Å². The van der Waals surface area contributed by atoms with E-state index in [0.717, 1.165) is 23.8 Å². The Labute approximate surface area is 248 Å². The van der Waals surface area contributed by atoms with Gasteiger partial charge in [-0.1, -0.05) is 6.92 Å². The van der Waals surface area contributed by atoms with E-state index >= 15 is 4.39 Å². The van der Waals surface area contributed by atoms with Crippen LogP contribution in [0.15, 0.2) is 71.8 Å². The van der Waals surface area contributed by atoms with Gasteiger partial charge in [0.15, 0.2) is 23.0 Å². The number of piperidine rings is 1. The van der Waals surface area contributed by atoms with E-state index < -0.39 is 35.3 Å². The number of nitrogens with one attached hydrogen (secondary N) is 3. The Hall–Kier alpha value is -5.24. The monoisotopic (exact) mass is 604 g/mol. The highest BCUT2D eigenvalue weighted by Gasteiger charge is 2.30. The second-order valence-corrected chi connectivity index (χ2v) is 10.2. The van der Waals surface area contributed by atoms with Crippen LogP contribution in [0.25, 0.3) is 16.7 Å². The van der Waals surface area contributed by atoms with Crippen molar-refractivity contribution in [3.63, 3.8) is 0 Å². The van der Waals surface area contributed by atoms with Gasteiger partial charge in [-0.15, -0.1) is 0 Å². The van der Waals surface area contributed by atoms with Gasteiger partial charge in [0.2, 0.25) is 0 Å². The molecular weight excluding hydrogens is 577 g/mol. The number of halogens is 3. The number of aromatic amines is 1.